The van der Waals surface area contributed by atoms with E-state index < -0.39 is 0 Å². The highest BCUT2D eigenvalue weighted by Crippen LogP contribution is 2.20. The lowest BCUT2D eigenvalue weighted by atomic mass is 10.0. The van der Waals surface area contributed by atoms with Crippen LogP contribution in [0.3, 0.4) is 0 Å². The van der Waals surface area contributed by atoms with E-state index in [4.69, 9.17) is 0 Å². The molecule has 2 fully saturated rings. The van der Waals surface area contributed by atoms with Gasteiger partial charge >= 0.3 is 0 Å². The number of halogens is 1. The fourth-order valence-electron chi connectivity index (χ4n) is 3.97. The maximum Gasteiger partial charge on any atom is 0.193 e. The largest absolute Gasteiger partial charge is 0.355 e. The zero-order chi connectivity index (χ0) is 17.8. The summed E-state index contributed by atoms with van der Waals surface area (Å²) in [5, 5.41) is 7.89. The number of aryl methyl sites for hydroxylation is 1. The second-order valence-electron chi connectivity index (χ2n) is 7.65. The maximum absolute atomic E-state index is 4.53. The minimum Gasteiger partial charge on any atom is -0.355 e. The van der Waals surface area contributed by atoms with E-state index in [0.717, 1.165) is 51.6 Å². The molecule has 7 nitrogen and oxygen atoms in total. The quantitative estimate of drug-likeness (QED) is 0.396. The summed E-state index contributed by atoms with van der Waals surface area (Å²) >= 11 is 0. The fraction of sp³-hybridized carbons (Fsp3) is 0.778. The average Bonchev–Trinajstić information content (AvgIpc) is 3.21. The molecule has 1 N–H and O–H groups in total. The van der Waals surface area contributed by atoms with Crippen LogP contribution in [0.4, 0.5) is 0 Å². The summed E-state index contributed by atoms with van der Waals surface area (Å²) in [7, 11) is 8.31. The maximum atomic E-state index is 4.53. The van der Waals surface area contributed by atoms with Crippen LogP contribution in [0.25, 0.3) is 0 Å². The molecule has 8 heteroatoms. The summed E-state index contributed by atoms with van der Waals surface area (Å²) in [6.07, 6.45) is 6.45. The lowest BCUT2D eigenvalue weighted by Gasteiger charge is -2.38. The van der Waals surface area contributed by atoms with Crippen molar-refractivity contribution in [3.63, 3.8) is 0 Å². The van der Waals surface area contributed by atoms with E-state index in [1.54, 1.807) is 0 Å². The highest BCUT2D eigenvalue weighted by Gasteiger charge is 2.27. The Bertz CT molecular complexity index is 588. The Morgan fingerprint density at radius 2 is 2.04 bits per heavy atom. The van der Waals surface area contributed by atoms with Crippen LogP contribution in [-0.2, 0) is 13.5 Å². The first-order chi connectivity index (χ1) is 12.0. The van der Waals surface area contributed by atoms with E-state index in [2.05, 4.69) is 50.4 Å². The minimum absolute atomic E-state index is 0. The first-order valence-electron chi connectivity index (χ1n) is 9.37. The molecule has 0 amide bonds. The summed E-state index contributed by atoms with van der Waals surface area (Å²) in [6, 6.07) is 0.546. The van der Waals surface area contributed by atoms with Gasteiger partial charge in [-0.3, -0.25) is 14.6 Å². The minimum atomic E-state index is 0. The zero-order valence-corrected chi connectivity index (χ0v) is 18.9. The van der Waals surface area contributed by atoms with Crippen molar-refractivity contribution in [2.24, 2.45) is 18.0 Å². The Labute approximate surface area is 174 Å². The topological polar surface area (TPSA) is 51.9 Å². The van der Waals surface area contributed by atoms with Gasteiger partial charge in [-0.25, -0.2) is 0 Å². The molecule has 0 saturated carbocycles. The van der Waals surface area contributed by atoms with Gasteiger partial charge in [0.15, 0.2) is 5.96 Å². The van der Waals surface area contributed by atoms with Gasteiger partial charge in [-0.05, 0) is 38.4 Å². The van der Waals surface area contributed by atoms with Crippen LogP contribution < -0.4 is 5.32 Å². The first kappa shape index (κ1) is 21.4. The molecule has 0 spiro atoms. The monoisotopic (exact) mass is 475 g/mol. The number of guanidine groups is 1. The molecular weight excluding hydrogens is 441 g/mol. The predicted molar refractivity (Wildman–Crippen MR) is 117 cm³/mol. The van der Waals surface area contributed by atoms with Gasteiger partial charge < -0.3 is 15.1 Å². The third-order valence-electron chi connectivity index (χ3n) is 5.56. The van der Waals surface area contributed by atoms with Crippen LogP contribution in [0.5, 0.6) is 0 Å². The number of likely N-dealkylation sites (tertiary alicyclic amines) is 1. The summed E-state index contributed by atoms with van der Waals surface area (Å²) < 4.78 is 1.89. The normalized spacial score (nSPS) is 25.4. The molecule has 3 rings (SSSR count). The van der Waals surface area contributed by atoms with E-state index in [9.17, 15) is 0 Å². The van der Waals surface area contributed by atoms with Crippen molar-refractivity contribution in [3.8, 4) is 0 Å². The highest BCUT2D eigenvalue weighted by atomic mass is 127. The summed E-state index contributed by atoms with van der Waals surface area (Å²) in [5.74, 6) is 1.74. The lowest BCUT2D eigenvalue weighted by Crippen LogP contribution is -2.55. The number of aromatic nitrogens is 2. The molecule has 1 aromatic rings. The highest BCUT2D eigenvalue weighted by molar-refractivity contribution is 14.0. The number of hydrogen-bond acceptors (Lipinski definition) is 4. The molecule has 1 aromatic heterocycles. The van der Waals surface area contributed by atoms with E-state index >= 15 is 0 Å². The van der Waals surface area contributed by atoms with Gasteiger partial charge in [0.2, 0.25) is 0 Å². The van der Waals surface area contributed by atoms with Gasteiger partial charge in [-0.15, -0.1) is 24.0 Å². The second-order valence-corrected chi connectivity index (χ2v) is 7.65. The SMILES string of the molecule is CN=C(NCC1CN(C)CCN1C)N1CCC(Cc2cnn(C)c2)C1.I. The molecule has 2 aliphatic rings. The number of piperazine rings is 1. The van der Waals surface area contributed by atoms with Crippen LogP contribution in [0.1, 0.15) is 12.0 Å². The number of likely N-dealkylation sites (N-methyl/N-ethyl adjacent to an activating group) is 2. The number of rotatable bonds is 4. The molecule has 0 radical (unpaired) electrons. The summed E-state index contributed by atoms with van der Waals surface area (Å²) in [6.45, 7) is 6.53. The van der Waals surface area contributed by atoms with E-state index in [1.807, 2.05) is 25.0 Å². The lowest BCUT2D eigenvalue weighted by molar-refractivity contribution is 0.116. The molecule has 2 atom stereocenters. The van der Waals surface area contributed by atoms with Crippen molar-refractivity contribution in [1.82, 2.24) is 29.8 Å². The Kier molecular flexibility index (Phi) is 8.15. The van der Waals surface area contributed by atoms with Crippen LogP contribution in [0, 0.1) is 5.92 Å². The van der Waals surface area contributed by atoms with Crippen LogP contribution in [0.2, 0.25) is 0 Å². The molecule has 2 saturated heterocycles. The van der Waals surface area contributed by atoms with E-state index in [-0.39, 0.29) is 24.0 Å². The first-order valence-corrected chi connectivity index (χ1v) is 9.37. The third-order valence-corrected chi connectivity index (χ3v) is 5.56. The van der Waals surface area contributed by atoms with Crippen LogP contribution in [0.15, 0.2) is 17.4 Å². The van der Waals surface area contributed by atoms with Gasteiger partial charge in [0.05, 0.1) is 6.20 Å². The van der Waals surface area contributed by atoms with Crippen molar-refractivity contribution in [1.29, 1.82) is 0 Å². The molecular formula is C18H34IN7. The Balaban J connectivity index is 0.00000243. The van der Waals surface area contributed by atoms with Gasteiger partial charge in [-0.1, -0.05) is 0 Å². The van der Waals surface area contributed by atoms with Gasteiger partial charge in [0, 0.05) is 65.6 Å². The number of aliphatic imine (C=N–C) groups is 1. The van der Waals surface area contributed by atoms with Crippen molar-refractivity contribution < 1.29 is 0 Å². The Hall–Kier alpha value is -0.870. The summed E-state index contributed by atoms with van der Waals surface area (Å²) in [4.78, 5) is 11.8. The summed E-state index contributed by atoms with van der Waals surface area (Å²) in [5.41, 5.74) is 1.34. The van der Waals surface area contributed by atoms with Crippen LogP contribution >= 0.6 is 24.0 Å². The smallest absolute Gasteiger partial charge is 0.193 e. The zero-order valence-electron chi connectivity index (χ0n) is 16.6. The van der Waals surface area contributed by atoms with Crippen molar-refractivity contribution >= 4 is 29.9 Å². The van der Waals surface area contributed by atoms with Gasteiger partial charge in [0.25, 0.3) is 0 Å². The molecule has 0 bridgehead atoms. The second kappa shape index (κ2) is 9.89. The van der Waals surface area contributed by atoms with Crippen LogP contribution in [-0.4, -0.2) is 96.9 Å². The van der Waals surface area contributed by atoms with Crippen molar-refractivity contribution in [2.75, 3.05) is 60.4 Å². The van der Waals surface area contributed by atoms with Gasteiger partial charge in [-0.2, -0.15) is 5.10 Å². The van der Waals surface area contributed by atoms with E-state index in [0.29, 0.717) is 12.0 Å². The van der Waals surface area contributed by atoms with E-state index in [1.165, 1.54) is 12.0 Å². The standard InChI is InChI=1S/C18H33N7.HI/c1-19-18(20-11-17-14-22(2)7-8-23(17)3)25-6-5-15(13-25)9-16-10-21-24(4)12-16;/h10,12,15,17H,5-9,11,13-14H2,1-4H3,(H,19,20);1H. The number of nitrogens with one attached hydrogen (secondary N) is 1. The molecule has 148 valence electrons. The molecule has 26 heavy (non-hydrogen) atoms. The van der Waals surface area contributed by atoms with Gasteiger partial charge in [0.1, 0.15) is 0 Å². The predicted octanol–water partition coefficient (Wildman–Crippen LogP) is 0.724. The third kappa shape index (κ3) is 5.56. The molecule has 2 aliphatic heterocycles. The number of hydrogen-bond donors (Lipinski definition) is 1. The Morgan fingerprint density at radius 3 is 2.73 bits per heavy atom. The molecule has 0 aromatic carbocycles. The average molecular weight is 475 g/mol. The molecule has 0 aliphatic carbocycles. The molecule has 3 heterocycles. The molecule has 2 unspecified atom stereocenters. The Morgan fingerprint density at radius 1 is 1.23 bits per heavy atom. The van der Waals surface area contributed by atoms with Crippen molar-refractivity contribution in [3.05, 3.63) is 18.0 Å². The number of nitrogens with zero attached hydrogens (tertiary/aromatic N) is 6. The van der Waals surface area contributed by atoms with Crippen molar-refractivity contribution in [2.45, 2.75) is 18.9 Å². The fourth-order valence-corrected chi connectivity index (χ4v) is 3.97.